The Morgan fingerprint density at radius 1 is 1.11 bits per heavy atom. The summed E-state index contributed by atoms with van der Waals surface area (Å²) < 4.78 is 32.6. The molecule has 0 spiro atoms. The van der Waals surface area contributed by atoms with Crippen molar-refractivity contribution in [1.82, 2.24) is 5.32 Å². The van der Waals surface area contributed by atoms with Crippen LogP contribution >= 0.6 is 0 Å². The molecule has 7 heteroatoms. The number of ether oxygens (including phenoxy) is 1. The van der Waals surface area contributed by atoms with Gasteiger partial charge in [0.05, 0.1) is 10.6 Å². The lowest BCUT2D eigenvalue weighted by molar-refractivity contribution is -0.119. The first-order valence-electron chi connectivity index (χ1n) is 8.94. The minimum Gasteiger partial charge on any atom is -0.382 e. The Balaban J connectivity index is 2.20. The molecule has 0 fully saturated rings. The third kappa shape index (κ3) is 6.08. The Morgan fingerprint density at radius 2 is 1.85 bits per heavy atom. The highest BCUT2D eigenvalue weighted by Crippen LogP contribution is 2.24. The molecule has 0 aromatic heterocycles. The Morgan fingerprint density at radius 3 is 2.52 bits per heavy atom. The third-order valence-corrected chi connectivity index (χ3v) is 5.69. The van der Waals surface area contributed by atoms with Crippen molar-refractivity contribution in [3.63, 3.8) is 0 Å². The highest BCUT2D eigenvalue weighted by molar-refractivity contribution is 7.92. The summed E-state index contributed by atoms with van der Waals surface area (Å²) in [5.74, 6) is -0.354. The molecule has 0 unspecified atom stereocenters. The number of anilines is 1. The van der Waals surface area contributed by atoms with Crippen molar-refractivity contribution >= 4 is 21.6 Å². The van der Waals surface area contributed by atoms with E-state index >= 15 is 0 Å². The molecule has 0 atom stereocenters. The van der Waals surface area contributed by atoms with E-state index in [-0.39, 0.29) is 17.3 Å². The Labute approximate surface area is 161 Å². The molecule has 2 aromatic rings. The Bertz CT molecular complexity index is 838. The van der Waals surface area contributed by atoms with Gasteiger partial charge in [0.25, 0.3) is 10.0 Å². The van der Waals surface area contributed by atoms with Gasteiger partial charge in [-0.15, -0.1) is 0 Å². The van der Waals surface area contributed by atoms with Crippen LogP contribution in [0, 0.1) is 6.92 Å². The first-order valence-corrected chi connectivity index (χ1v) is 10.4. The maximum atomic E-state index is 13.1. The second-order valence-corrected chi connectivity index (χ2v) is 7.93. The summed E-state index contributed by atoms with van der Waals surface area (Å²) in [5, 5.41) is 2.75. The fourth-order valence-corrected chi connectivity index (χ4v) is 3.98. The molecule has 0 aliphatic heterocycles. The van der Waals surface area contributed by atoms with E-state index in [4.69, 9.17) is 4.74 Å². The minimum absolute atomic E-state index is 0.149. The van der Waals surface area contributed by atoms with E-state index < -0.39 is 10.0 Å². The van der Waals surface area contributed by atoms with Crippen LogP contribution in [0.1, 0.15) is 18.9 Å². The van der Waals surface area contributed by atoms with Gasteiger partial charge < -0.3 is 10.1 Å². The molecule has 0 aliphatic carbocycles. The third-order valence-electron chi connectivity index (χ3n) is 3.90. The predicted octanol–water partition coefficient (Wildman–Crippen LogP) is 2.73. The van der Waals surface area contributed by atoms with Gasteiger partial charge in [-0.25, -0.2) is 8.42 Å². The van der Waals surface area contributed by atoms with Crippen LogP contribution in [0.4, 0.5) is 5.69 Å². The maximum Gasteiger partial charge on any atom is 0.264 e. The quantitative estimate of drug-likeness (QED) is 0.633. The van der Waals surface area contributed by atoms with Crippen molar-refractivity contribution < 1.29 is 17.9 Å². The second kappa shape index (κ2) is 10.1. The molecular formula is C20H26N2O4S. The van der Waals surface area contributed by atoms with Crippen LogP contribution in [0.2, 0.25) is 0 Å². The van der Waals surface area contributed by atoms with Crippen molar-refractivity contribution in [2.75, 3.05) is 30.6 Å². The molecule has 0 heterocycles. The number of hydrogen-bond acceptors (Lipinski definition) is 4. The fourth-order valence-electron chi connectivity index (χ4n) is 2.55. The zero-order valence-corrected chi connectivity index (χ0v) is 16.5. The number of carbonyl (C=O) groups excluding carboxylic acids is 1. The van der Waals surface area contributed by atoms with Gasteiger partial charge in [0, 0.05) is 19.8 Å². The number of sulfonamides is 1. The number of nitrogens with zero attached hydrogens (tertiary/aromatic N) is 1. The highest BCUT2D eigenvalue weighted by Gasteiger charge is 2.27. The van der Waals surface area contributed by atoms with E-state index in [1.807, 2.05) is 19.9 Å². The van der Waals surface area contributed by atoms with Crippen LogP contribution < -0.4 is 9.62 Å². The monoisotopic (exact) mass is 390 g/mol. The highest BCUT2D eigenvalue weighted by atomic mass is 32.2. The SMILES string of the molecule is CCOCCCNC(=O)CN(c1cccc(C)c1)S(=O)(=O)c1ccccc1. The number of carbonyl (C=O) groups is 1. The van der Waals surface area contributed by atoms with Gasteiger partial charge in [0.15, 0.2) is 0 Å². The molecule has 0 aliphatic rings. The van der Waals surface area contributed by atoms with Gasteiger partial charge in [-0.2, -0.15) is 0 Å². The van der Waals surface area contributed by atoms with Gasteiger partial charge in [0.2, 0.25) is 5.91 Å². The molecule has 27 heavy (non-hydrogen) atoms. The first-order chi connectivity index (χ1) is 12.9. The van der Waals surface area contributed by atoms with Crippen molar-refractivity contribution in [2.24, 2.45) is 0 Å². The lowest BCUT2D eigenvalue weighted by Gasteiger charge is -2.24. The van der Waals surface area contributed by atoms with Crippen molar-refractivity contribution in [2.45, 2.75) is 25.2 Å². The number of amides is 1. The summed E-state index contributed by atoms with van der Waals surface area (Å²) in [6, 6.07) is 15.2. The summed E-state index contributed by atoms with van der Waals surface area (Å²) in [7, 11) is -3.86. The molecule has 0 radical (unpaired) electrons. The summed E-state index contributed by atoms with van der Waals surface area (Å²) in [5.41, 5.74) is 1.38. The fraction of sp³-hybridized carbons (Fsp3) is 0.350. The van der Waals surface area contributed by atoms with E-state index in [1.54, 1.807) is 36.4 Å². The van der Waals surface area contributed by atoms with Crippen molar-refractivity contribution in [3.8, 4) is 0 Å². The summed E-state index contributed by atoms with van der Waals surface area (Å²) in [6.45, 7) is 5.13. The van der Waals surface area contributed by atoms with Crippen molar-refractivity contribution in [3.05, 3.63) is 60.2 Å². The van der Waals surface area contributed by atoms with Crippen LogP contribution in [-0.4, -0.2) is 40.6 Å². The number of rotatable bonds is 10. The largest absolute Gasteiger partial charge is 0.382 e. The maximum absolute atomic E-state index is 13.1. The van der Waals surface area contributed by atoms with Gasteiger partial charge in [-0.1, -0.05) is 30.3 Å². The van der Waals surface area contributed by atoms with E-state index in [1.165, 1.54) is 12.1 Å². The molecule has 1 amide bonds. The van der Waals surface area contributed by atoms with Gasteiger partial charge in [0.1, 0.15) is 6.54 Å². The van der Waals surface area contributed by atoms with E-state index in [0.29, 0.717) is 31.9 Å². The summed E-state index contributed by atoms with van der Waals surface area (Å²) in [6.07, 6.45) is 0.676. The lowest BCUT2D eigenvalue weighted by Crippen LogP contribution is -2.41. The van der Waals surface area contributed by atoms with Crippen LogP contribution in [0.15, 0.2) is 59.5 Å². The van der Waals surface area contributed by atoms with Crippen LogP contribution in [-0.2, 0) is 19.6 Å². The standard InChI is InChI=1S/C20H26N2O4S/c1-3-26-14-8-13-21-20(23)16-22(18-10-7-9-17(2)15-18)27(24,25)19-11-5-4-6-12-19/h4-7,9-12,15H,3,8,13-14,16H2,1-2H3,(H,21,23). The normalized spacial score (nSPS) is 11.2. The van der Waals surface area contributed by atoms with E-state index in [2.05, 4.69) is 5.32 Å². The molecular weight excluding hydrogens is 364 g/mol. The molecule has 2 aromatic carbocycles. The topological polar surface area (TPSA) is 75.7 Å². The zero-order valence-electron chi connectivity index (χ0n) is 15.7. The molecule has 2 rings (SSSR count). The zero-order chi connectivity index (χ0) is 19.7. The average Bonchev–Trinajstić information content (AvgIpc) is 2.66. The molecule has 6 nitrogen and oxygen atoms in total. The summed E-state index contributed by atoms with van der Waals surface area (Å²) >= 11 is 0. The molecule has 0 bridgehead atoms. The molecule has 0 saturated heterocycles. The molecule has 0 saturated carbocycles. The van der Waals surface area contributed by atoms with Gasteiger partial charge >= 0.3 is 0 Å². The van der Waals surface area contributed by atoms with E-state index in [0.717, 1.165) is 9.87 Å². The van der Waals surface area contributed by atoms with E-state index in [9.17, 15) is 13.2 Å². The number of nitrogens with one attached hydrogen (secondary N) is 1. The van der Waals surface area contributed by atoms with Crippen LogP contribution in [0.3, 0.4) is 0 Å². The Kier molecular flexibility index (Phi) is 7.82. The molecule has 146 valence electrons. The first kappa shape index (κ1) is 20.9. The lowest BCUT2D eigenvalue weighted by atomic mass is 10.2. The van der Waals surface area contributed by atoms with Crippen molar-refractivity contribution in [1.29, 1.82) is 0 Å². The minimum atomic E-state index is -3.86. The van der Waals surface area contributed by atoms with Crippen LogP contribution in [0.5, 0.6) is 0 Å². The molecule has 1 N–H and O–H groups in total. The Hall–Kier alpha value is -2.38. The number of hydrogen-bond donors (Lipinski definition) is 1. The van der Waals surface area contributed by atoms with Gasteiger partial charge in [-0.05, 0) is 50.1 Å². The van der Waals surface area contributed by atoms with Crippen LogP contribution in [0.25, 0.3) is 0 Å². The number of aryl methyl sites for hydroxylation is 1. The van der Waals surface area contributed by atoms with Gasteiger partial charge in [-0.3, -0.25) is 9.10 Å². The summed E-state index contributed by atoms with van der Waals surface area (Å²) in [4.78, 5) is 12.5. The predicted molar refractivity (Wildman–Crippen MR) is 106 cm³/mol. The average molecular weight is 391 g/mol. The smallest absolute Gasteiger partial charge is 0.264 e. The second-order valence-electron chi connectivity index (χ2n) is 6.06. The number of benzene rings is 2.